The van der Waals surface area contributed by atoms with Crippen LogP contribution in [0.25, 0.3) is 0 Å². The van der Waals surface area contributed by atoms with Crippen LogP contribution in [-0.2, 0) is 38.7 Å². The van der Waals surface area contributed by atoms with Gasteiger partial charge in [0.15, 0.2) is 10.9 Å². The largest absolute Gasteiger partial charge is 2.00 e. The van der Waals surface area contributed by atoms with E-state index in [2.05, 4.69) is 0 Å². The molecule has 16 nitrogen and oxygen atoms in total. The third-order valence-electron chi connectivity index (χ3n) is 2.59. The first kappa shape index (κ1) is 37.8. The van der Waals surface area contributed by atoms with Crippen LogP contribution in [0.15, 0.2) is 33.9 Å². The molecular formula is C14H20CoN2O14+4. The van der Waals surface area contributed by atoms with Crippen LogP contribution in [0.2, 0.25) is 0 Å². The van der Waals surface area contributed by atoms with Crippen molar-refractivity contribution in [3.8, 4) is 0 Å². The van der Waals surface area contributed by atoms with Gasteiger partial charge in [-0.2, -0.15) is 0 Å². The second-order valence-corrected chi connectivity index (χ2v) is 4.47. The fourth-order valence-corrected chi connectivity index (χ4v) is 1.54. The number of hydrogen-bond donors (Lipinski definition) is 4. The van der Waals surface area contributed by atoms with Crippen LogP contribution in [0, 0.1) is 0 Å². The van der Waals surface area contributed by atoms with Crippen LogP contribution in [0.3, 0.4) is 0 Å². The third kappa shape index (κ3) is 11.7. The Morgan fingerprint density at radius 2 is 0.839 bits per heavy atom. The molecule has 175 valence electrons. The van der Waals surface area contributed by atoms with Crippen LogP contribution in [0.4, 0.5) is 0 Å². The van der Waals surface area contributed by atoms with Crippen LogP contribution in [-0.4, -0.2) is 44.1 Å². The van der Waals surface area contributed by atoms with E-state index >= 15 is 0 Å². The zero-order valence-corrected chi connectivity index (χ0v) is 16.2. The molecule has 0 aliphatic carbocycles. The number of carbonyl (C=O) groups is 4. The van der Waals surface area contributed by atoms with Gasteiger partial charge in [0.05, 0.1) is 23.3 Å². The summed E-state index contributed by atoms with van der Waals surface area (Å²) in [6.07, 6.45) is 0. The molecule has 0 aliphatic rings. The number of hydrogen-bond acceptors (Lipinski definition) is 8. The normalized spacial score (nSPS) is 8.00. The van der Waals surface area contributed by atoms with Crippen molar-refractivity contribution in [1.29, 1.82) is 0 Å². The number of nitrogens with one attached hydrogen (secondary N) is 2. The first-order valence-corrected chi connectivity index (χ1v) is 6.39. The number of carboxylic acids is 4. The maximum atomic E-state index is 10.7. The Kier molecular flexibility index (Phi) is 19.5. The van der Waals surface area contributed by atoms with Gasteiger partial charge in [-0.05, 0) is 0 Å². The van der Waals surface area contributed by atoms with Gasteiger partial charge in [-0.3, -0.25) is 9.59 Å². The summed E-state index contributed by atoms with van der Waals surface area (Å²) < 4.78 is 0. The van der Waals surface area contributed by atoms with Crippen molar-refractivity contribution < 1.29 is 78.3 Å². The number of aromatic carboxylic acids is 4. The fraction of sp³-hybridized carbons (Fsp3) is 0. The monoisotopic (exact) mass is 499 g/mol. The van der Waals surface area contributed by atoms with E-state index in [1.165, 1.54) is 0 Å². The van der Waals surface area contributed by atoms with Crippen LogP contribution in [0.5, 0.6) is 0 Å². The van der Waals surface area contributed by atoms with Gasteiger partial charge in [0.25, 0.3) is 0 Å². The van der Waals surface area contributed by atoms with E-state index in [1.54, 1.807) is 0 Å². The number of carboxylic acid groups (broad SMARTS) is 4. The van der Waals surface area contributed by atoms with E-state index in [-0.39, 0.29) is 38.7 Å². The Hall–Kier alpha value is -3.87. The Balaban J connectivity index is -0.000000125. The number of aromatic nitrogens is 2. The number of carbonyl (C=O) groups excluding carboxylic acids is 2. The molecule has 0 amide bonds. The Labute approximate surface area is 180 Å². The Bertz CT molecular complexity index is 861. The van der Waals surface area contributed by atoms with Crippen molar-refractivity contribution in [2.75, 3.05) is 0 Å². The van der Waals surface area contributed by atoms with E-state index < -0.39 is 57.5 Å². The van der Waals surface area contributed by atoms with Gasteiger partial charge < -0.3 is 61.9 Å². The molecule has 31 heavy (non-hydrogen) atoms. The first-order chi connectivity index (χ1) is 12.0. The van der Waals surface area contributed by atoms with Gasteiger partial charge in [0.2, 0.25) is 0 Å². The van der Waals surface area contributed by atoms with E-state index in [4.69, 9.17) is 10.2 Å². The third-order valence-corrected chi connectivity index (χ3v) is 2.59. The molecule has 0 atom stereocenters. The molecule has 2 aromatic heterocycles. The summed E-state index contributed by atoms with van der Waals surface area (Å²) in [5, 5.41) is 37.4. The molecule has 0 aliphatic heterocycles. The molecule has 0 saturated heterocycles. The second-order valence-electron chi connectivity index (χ2n) is 4.47. The minimum Gasteiger partial charge on any atom is -0.543 e. The summed E-state index contributed by atoms with van der Waals surface area (Å²) >= 11 is 0. The summed E-state index contributed by atoms with van der Waals surface area (Å²) in [5.41, 5.74) is -3.46. The summed E-state index contributed by atoms with van der Waals surface area (Å²) in [7, 11) is 0. The quantitative estimate of drug-likeness (QED) is 0.288. The topological polar surface area (TPSA) is 353 Å². The average Bonchev–Trinajstić information content (AvgIpc) is 2.54. The first-order valence-electron chi connectivity index (χ1n) is 6.39. The molecule has 0 aromatic carbocycles. The average molecular weight is 499 g/mol. The zero-order chi connectivity index (χ0) is 20.0. The number of H-pyrrole nitrogens is 2. The zero-order valence-electron chi connectivity index (χ0n) is 15.1. The smallest absolute Gasteiger partial charge is 0.543 e. The van der Waals surface area contributed by atoms with Gasteiger partial charge in [0, 0.05) is 24.3 Å². The summed E-state index contributed by atoms with van der Waals surface area (Å²) in [6, 6.07) is 3.08. The molecule has 17 heteroatoms. The molecule has 2 heterocycles. The van der Waals surface area contributed by atoms with Crippen molar-refractivity contribution in [3.05, 3.63) is 67.5 Å². The molecule has 2 rings (SSSR count). The number of aromatic amines is 2. The molecular weight excluding hydrogens is 479 g/mol. The van der Waals surface area contributed by atoms with Crippen LogP contribution in [0.1, 0.15) is 42.0 Å². The number of pyridine rings is 2. The predicted octanol–water partition coefficient (Wildman–Crippen LogP) is -6.82. The summed E-state index contributed by atoms with van der Waals surface area (Å²) in [5.74, 6) is -6.05. The van der Waals surface area contributed by atoms with Gasteiger partial charge in [-0.25, -0.2) is 9.59 Å². The molecule has 1 radical (unpaired) electrons. The van der Waals surface area contributed by atoms with Crippen molar-refractivity contribution in [1.82, 2.24) is 9.97 Å². The van der Waals surface area contributed by atoms with Crippen LogP contribution < -0.4 is 21.1 Å². The van der Waals surface area contributed by atoms with Crippen molar-refractivity contribution >= 4 is 23.9 Å². The van der Waals surface area contributed by atoms with E-state index in [1.807, 2.05) is 9.97 Å². The molecule has 0 spiro atoms. The fourth-order valence-electron chi connectivity index (χ4n) is 1.54. The van der Waals surface area contributed by atoms with Crippen molar-refractivity contribution in [3.63, 3.8) is 0 Å². The SMILES string of the molecule is O=C([O-])c1cc(=O)cc(C(=O)O)[nH]1.O=C([O-])c1cc(=O)cc(C(=O)O)[nH]1.[Co+2].[OH3+].[OH3+].[OH3+].[OH3+]. The van der Waals surface area contributed by atoms with Gasteiger partial charge >= 0.3 is 28.7 Å². The van der Waals surface area contributed by atoms with Gasteiger partial charge in [-0.1, -0.05) is 0 Å². The van der Waals surface area contributed by atoms with E-state index in [0.717, 1.165) is 24.3 Å². The second kappa shape index (κ2) is 16.0. The van der Waals surface area contributed by atoms with E-state index in [0.29, 0.717) is 0 Å². The molecule has 2 aromatic rings. The molecule has 0 saturated carbocycles. The standard InChI is InChI=1S/2C7H5NO5.Co.4H2O/c2*9-3-1-4(6(10)11)8-5(2-3)7(12)13;;;;;/h2*1-2H,(H,8,9)(H,10,11)(H,12,13);;4*1H2/q;;+2;;;;/p+2. The molecule has 0 bridgehead atoms. The Morgan fingerprint density at radius 1 is 0.613 bits per heavy atom. The molecule has 16 N–H and O–H groups in total. The maximum absolute atomic E-state index is 10.7. The minimum atomic E-state index is -1.62. The predicted molar refractivity (Wildman–Crippen MR) is 96.2 cm³/mol. The summed E-state index contributed by atoms with van der Waals surface area (Å²) in [4.78, 5) is 66.7. The van der Waals surface area contributed by atoms with Crippen molar-refractivity contribution in [2.45, 2.75) is 0 Å². The number of rotatable bonds is 4. The molecule has 0 unspecified atom stereocenters. The molecule has 0 fully saturated rings. The minimum absolute atomic E-state index is 0. The van der Waals surface area contributed by atoms with Gasteiger partial charge in [-0.15, -0.1) is 0 Å². The summed E-state index contributed by atoms with van der Waals surface area (Å²) in [6.45, 7) is 0. The van der Waals surface area contributed by atoms with Gasteiger partial charge in [0.1, 0.15) is 11.4 Å². The maximum Gasteiger partial charge on any atom is 2.00 e. The van der Waals surface area contributed by atoms with Crippen molar-refractivity contribution in [2.24, 2.45) is 0 Å². The van der Waals surface area contributed by atoms with Crippen LogP contribution >= 0.6 is 0 Å². The Morgan fingerprint density at radius 3 is 1.03 bits per heavy atom. The van der Waals surface area contributed by atoms with E-state index in [9.17, 15) is 39.0 Å².